The number of nitrogens with zero attached hydrogens (tertiary/aromatic N) is 1. The molecule has 2 rings (SSSR count). The van der Waals surface area contributed by atoms with Crippen molar-refractivity contribution >= 4 is 16.7 Å². The van der Waals surface area contributed by atoms with Crippen molar-refractivity contribution in [2.45, 2.75) is 0 Å². The third-order valence-corrected chi connectivity index (χ3v) is 2.42. The van der Waals surface area contributed by atoms with Crippen LogP contribution in [0.15, 0.2) is 27.4 Å². The number of fused-ring (bicyclic) bond motifs is 1. The Morgan fingerprint density at radius 2 is 2.00 bits per heavy atom. The van der Waals surface area contributed by atoms with E-state index in [1.807, 2.05) is 0 Å². The Hall–Kier alpha value is -2.57. The highest BCUT2D eigenvalue weighted by molar-refractivity contribution is 5.86. The molecule has 0 fully saturated rings. The summed E-state index contributed by atoms with van der Waals surface area (Å²) in [4.78, 5) is 21.3. The third kappa shape index (κ3) is 1.75. The summed E-state index contributed by atoms with van der Waals surface area (Å²) in [5, 5.41) is 11.0. The zero-order valence-corrected chi connectivity index (χ0v) is 9.63. The second kappa shape index (κ2) is 4.36. The maximum absolute atomic E-state index is 11.4. The Morgan fingerprint density at radius 3 is 2.56 bits per heavy atom. The Balaban J connectivity index is 2.84. The molecule has 0 saturated carbocycles. The Morgan fingerprint density at radius 1 is 1.28 bits per heavy atom. The highest BCUT2D eigenvalue weighted by Gasteiger charge is 2.19. The van der Waals surface area contributed by atoms with Crippen LogP contribution in [0.4, 0.5) is 5.69 Å². The van der Waals surface area contributed by atoms with Gasteiger partial charge in [-0.05, 0) is 12.1 Å². The molecule has 94 valence electrons. The molecular formula is C11H9NO6. The zero-order chi connectivity index (χ0) is 13.3. The van der Waals surface area contributed by atoms with E-state index in [2.05, 4.69) is 0 Å². The molecular weight excluding hydrogens is 242 g/mol. The fourth-order valence-electron chi connectivity index (χ4n) is 1.61. The molecule has 18 heavy (non-hydrogen) atoms. The monoisotopic (exact) mass is 251 g/mol. The van der Waals surface area contributed by atoms with E-state index in [9.17, 15) is 14.9 Å². The maximum atomic E-state index is 11.4. The van der Waals surface area contributed by atoms with Crippen molar-refractivity contribution in [1.29, 1.82) is 0 Å². The number of methoxy groups -OCH3 is 2. The Labute approximate surface area is 101 Å². The maximum Gasteiger partial charge on any atom is 0.415 e. The number of ether oxygens (including phenoxy) is 2. The molecule has 1 aromatic carbocycles. The van der Waals surface area contributed by atoms with Crippen molar-refractivity contribution in [2.75, 3.05) is 14.2 Å². The normalized spacial score (nSPS) is 10.3. The molecule has 0 atom stereocenters. The van der Waals surface area contributed by atoms with Crippen molar-refractivity contribution in [3.63, 3.8) is 0 Å². The van der Waals surface area contributed by atoms with Gasteiger partial charge in [0.2, 0.25) is 5.75 Å². The van der Waals surface area contributed by atoms with Gasteiger partial charge in [-0.2, -0.15) is 0 Å². The van der Waals surface area contributed by atoms with Crippen molar-refractivity contribution in [2.24, 2.45) is 0 Å². The van der Waals surface area contributed by atoms with Crippen LogP contribution >= 0.6 is 0 Å². The van der Waals surface area contributed by atoms with E-state index >= 15 is 0 Å². The number of benzene rings is 1. The first-order valence-electron chi connectivity index (χ1n) is 4.91. The lowest BCUT2D eigenvalue weighted by atomic mass is 10.2. The molecule has 0 amide bonds. The van der Waals surface area contributed by atoms with Crippen LogP contribution in [0.2, 0.25) is 0 Å². The summed E-state index contributed by atoms with van der Waals surface area (Å²) >= 11 is 0. The summed E-state index contributed by atoms with van der Waals surface area (Å²) in [7, 11) is 2.83. The van der Waals surface area contributed by atoms with E-state index in [1.165, 1.54) is 14.2 Å². The van der Waals surface area contributed by atoms with E-state index in [0.29, 0.717) is 11.1 Å². The molecule has 0 radical (unpaired) electrons. The van der Waals surface area contributed by atoms with Gasteiger partial charge in [0.05, 0.1) is 19.1 Å². The lowest BCUT2D eigenvalue weighted by Gasteiger charge is -2.08. The molecule has 0 aliphatic carbocycles. The van der Waals surface area contributed by atoms with E-state index in [1.54, 1.807) is 12.1 Å². The summed E-state index contributed by atoms with van der Waals surface area (Å²) in [5.41, 5.74) is -1.53. The van der Waals surface area contributed by atoms with E-state index in [0.717, 1.165) is 6.07 Å². The SMILES string of the molecule is COc1ccc2cc([N+](=O)[O-])c(=O)oc2c1OC. The fraction of sp³-hybridized carbons (Fsp3) is 0.182. The zero-order valence-electron chi connectivity index (χ0n) is 9.63. The Kier molecular flexibility index (Phi) is 2.88. The summed E-state index contributed by atoms with van der Waals surface area (Å²) in [6, 6.07) is 4.26. The molecule has 0 unspecified atom stereocenters. The minimum absolute atomic E-state index is 0.118. The molecule has 0 N–H and O–H groups in total. The minimum atomic E-state index is -1.03. The van der Waals surface area contributed by atoms with Gasteiger partial charge in [0.1, 0.15) is 0 Å². The Bertz CT molecular complexity index is 675. The average Bonchev–Trinajstić information content (AvgIpc) is 2.36. The molecule has 1 aromatic heterocycles. The summed E-state index contributed by atoms with van der Waals surface area (Å²) in [6.07, 6.45) is 0. The minimum Gasteiger partial charge on any atom is -0.493 e. The topological polar surface area (TPSA) is 91.8 Å². The molecule has 0 saturated heterocycles. The van der Waals surface area contributed by atoms with Crippen molar-refractivity contribution in [3.8, 4) is 11.5 Å². The van der Waals surface area contributed by atoms with E-state index < -0.39 is 16.2 Å². The van der Waals surface area contributed by atoms with Crippen LogP contribution in [0.3, 0.4) is 0 Å². The second-order valence-electron chi connectivity index (χ2n) is 3.40. The molecule has 0 bridgehead atoms. The first-order chi connectivity index (χ1) is 8.58. The van der Waals surface area contributed by atoms with Crippen LogP contribution in [0.25, 0.3) is 11.0 Å². The summed E-state index contributed by atoms with van der Waals surface area (Å²) in [6.45, 7) is 0. The molecule has 1 heterocycles. The predicted molar refractivity (Wildman–Crippen MR) is 62.2 cm³/mol. The van der Waals surface area contributed by atoms with Gasteiger partial charge >= 0.3 is 11.3 Å². The number of rotatable bonds is 3. The summed E-state index contributed by atoms with van der Waals surface area (Å²) in [5.74, 6) is 0.601. The van der Waals surface area contributed by atoms with Gasteiger partial charge in [-0.15, -0.1) is 0 Å². The van der Waals surface area contributed by atoms with Crippen LogP contribution in [-0.2, 0) is 0 Å². The quantitative estimate of drug-likeness (QED) is 0.468. The highest BCUT2D eigenvalue weighted by atomic mass is 16.6. The van der Waals surface area contributed by atoms with Crippen LogP contribution in [-0.4, -0.2) is 19.1 Å². The van der Waals surface area contributed by atoms with Gasteiger partial charge in [0.25, 0.3) is 0 Å². The number of hydrogen-bond donors (Lipinski definition) is 0. The largest absolute Gasteiger partial charge is 0.493 e. The van der Waals surface area contributed by atoms with E-state index in [4.69, 9.17) is 13.9 Å². The van der Waals surface area contributed by atoms with Gasteiger partial charge in [-0.3, -0.25) is 10.1 Å². The standard InChI is InChI=1S/C11H9NO6/c1-16-8-4-3-6-5-7(12(14)15)11(13)18-9(6)10(8)17-2/h3-5H,1-2H3. The second-order valence-corrected chi connectivity index (χ2v) is 3.40. The third-order valence-electron chi connectivity index (χ3n) is 2.42. The lowest BCUT2D eigenvalue weighted by Crippen LogP contribution is -2.06. The van der Waals surface area contributed by atoms with E-state index in [-0.39, 0.29) is 11.3 Å². The van der Waals surface area contributed by atoms with Crippen molar-refractivity contribution in [3.05, 3.63) is 38.7 Å². The van der Waals surface area contributed by atoms with Crippen LogP contribution in [0.5, 0.6) is 11.5 Å². The molecule has 0 aliphatic heterocycles. The lowest BCUT2D eigenvalue weighted by molar-refractivity contribution is -0.387. The molecule has 0 spiro atoms. The smallest absolute Gasteiger partial charge is 0.415 e. The first-order valence-corrected chi connectivity index (χ1v) is 4.91. The number of hydrogen-bond acceptors (Lipinski definition) is 6. The summed E-state index contributed by atoms with van der Waals surface area (Å²) < 4.78 is 15.0. The van der Waals surface area contributed by atoms with Gasteiger partial charge in [-0.25, -0.2) is 4.79 Å². The fourth-order valence-corrected chi connectivity index (χ4v) is 1.61. The molecule has 0 aliphatic rings. The molecule has 7 heteroatoms. The van der Waals surface area contributed by atoms with Crippen LogP contribution in [0.1, 0.15) is 0 Å². The molecule has 7 nitrogen and oxygen atoms in total. The van der Waals surface area contributed by atoms with Gasteiger partial charge in [-0.1, -0.05) is 0 Å². The van der Waals surface area contributed by atoms with Gasteiger partial charge in [0, 0.05) is 11.5 Å². The predicted octanol–water partition coefficient (Wildman–Crippen LogP) is 1.72. The van der Waals surface area contributed by atoms with Gasteiger partial charge < -0.3 is 13.9 Å². The number of nitro groups is 1. The average molecular weight is 251 g/mol. The van der Waals surface area contributed by atoms with Crippen molar-refractivity contribution in [1.82, 2.24) is 0 Å². The highest BCUT2D eigenvalue weighted by Crippen LogP contribution is 2.35. The molecule has 2 aromatic rings. The first kappa shape index (κ1) is 11.9. The van der Waals surface area contributed by atoms with Crippen LogP contribution < -0.4 is 15.1 Å². The van der Waals surface area contributed by atoms with Gasteiger partial charge in [0.15, 0.2) is 11.3 Å². The van der Waals surface area contributed by atoms with Crippen molar-refractivity contribution < 1.29 is 18.8 Å². The van der Waals surface area contributed by atoms with Crippen LogP contribution in [0, 0.1) is 10.1 Å².